The number of nitrogens with zero attached hydrogens (tertiary/aromatic N) is 2. The van der Waals surface area contributed by atoms with E-state index in [2.05, 4.69) is 27.3 Å². The Morgan fingerprint density at radius 2 is 2.00 bits per heavy atom. The number of imidazole rings is 1. The first-order chi connectivity index (χ1) is 11.5. The number of quaternary nitrogens is 1. The lowest BCUT2D eigenvalue weighted by Crippen LogP contribution is -3.12. The smallest absolute Gasteiger partial charge is 0.325 e. The zero-order valence-corrected chi connectivity index (χ0v) is 13.5. The lowest BCUT2D eigenvalue weighted by atomic mass is 10.2. The van der Waals surface area contributed by atoms with Crippen LogP contribution in [0.25, 0.3) is 11.2 Å². The van der Waals surface area contributed by atoms with Crippen LogP contribution in [0.1, 0.15) is 12.8 Å². The van der Waals surface area contributed by atoms with Gasteiger partial charge in [0.1, 0.15) is 5.82 Å². The lowest BCUT2D eigenvalue weighted by molar-refractivity contribution is -0.883. The molecule has 0 saturated carbocycles. The molecule has 0 unspecified atom stereocenters. The highest BCUT2D eigenvalue weighted by Crippen LogP contribution is 2.10. The molecule has 2 aromatic rings. The normalized spacial score (nSPS) is 15.6. The molecule has 3 heterocycles. The summed E-state index contributed by atoms with van der Waals surface area (Å²) in [5.41, 5.74) is 0.611. The van der Waals surface area contributed by atoms with Gasteiger partial charge < -0.3 is 20.1 Å². The average molecular weight is 333 g/mol. The molecule has 2 aromatic heterocycles. The van der Waals surface area contributed by atoms with Crippen LogP contribution in [0.5, 0.6) is 0 Å². The largest absolute Gasteiger partial charge is 0.334 e. The molecule has 0 aliphatic carbocycles. The fraction of sp³-hybridized carbons (Fsp3) is 0.467. The number of fused-ring (bicyclic) bond motifs is 1. The second-order valence-electron chi connectivity index (χ2n) is 6.06. The molecule has 128 valence electrons. The third kappa shape index (κ3) is 3.80. The number of hydrogen-bond donors (Lipinski definition) is 4. The van der Waals surface area contributed by atoms with E-state index in [1.165, 1.54) is 4.90 Å². The fourth-order valence-electron chi connectivity index (χ4n) is 2.71. The van der Waals surface area contributed by atoms with Gasteiger partial charge in [-0.25, -0.2) is 9.78 Å². The molecule has 0 bridgehead atoms. The van der Waals surface area contributed by atoms with Crippen LogP contribution in [0.3, 0.4) is 0 Å². The summed E-state index contributed by atoms with van der Waals surface area (Å²) >= 11 is 0. The Bertz CT molecular complexity index is 803. The summed E-state index contributed by atoms with van der Waals surface area (Å²) < 4.78 is 0. The summed E-state index contributed by atoms with van der Waals surface area (Å²) in [5, 5.41) is 2.65. The number of rotatable bonds is 4. The summed E-state index contributed by atoms with van der Waals surface area (Å²) in [6, 6.07) is 3.27. The first-order valence-electron chi connectivity index (χ1n) is 7.99. The van der Waals surface area contributed by atoms with Gasteiger partial charge in [-0.2, -0.15) is 0 Å². The van der Waals surface area contributed by atoms with Crippen molar-refractivity contribution < 1.29 is 14.5 Å². The summed E-state index contributed by atoms with van der Waals surface area (Å²) in [5.74, 6) is 0.0854. The Hall–Kier alpha value is -2.68. The Morgan fingerprint density at radius 3 is 2.75 bits per heavy atom. The van der Waals surface area contributed by atoms with Crippen LogP contribution in [0, 0.1) is 0 Å². The summed E-state index contributed by atoms with van der Waals surface area (Å²) in [4.78, 5) is 47.8. The fourth-order valence-corrected chi connectivity index (χ4v) is 2.71. The third-order valence-corrected chi connectivity index (χ3v) is 4.18. The van der Waals surface area contributed by atoms with Crippen molar-refractivity contribution in [2.45, 2.75) is 12.8 Å². The number of amides is 2. The third-order valence-electron chi connectivity index (χ3n) is 4.18. The molecule has 9 heteroatoms. The Labute approximate surface area is 138 Å². The molecule has 4 N–H and O–H groups in total. The van der Waals surface area contributed by atoms with Gasteiger partial charge in [-0.05, 0) is 12.1 Å². The van der Waals surface area contributed by atoms with Gasteiger partial charge in [0.2, 0.25) is 11.8 Å². The molecule has 1 saturated heterocycles. The van der Waals surface area contributed by atoms with Crippen LogP contribution < -0.4 is 15.9 Å². The maximum Gasteiger partial charge on any atom is 0.325 e. The van der Waals surface area contributed by atoms with Crippen molar-refractivity contribution in [2.75, 3.05) is 38.5 Å². The zero-order chi connectivity index (χ0) is 17.1. The van der Waals surface area contributed by atoms with E-state index in [1.807, 2.05) is 4.90 Å². The predicted octanol–water partition coefficient (Wildman–Crippen LogP) is -1.67. The molecule has 1 fully saturated rings. The number of piperazine rings is 1. The summed E-state index contributed by atoms with van der Waals surface area (Å²) in [6.07, 6.45) is 0.301. The number of aromatic amines is 2. The average Bonchev–Trinajstić information content (AvgIpc) is 2.92. The van der Waals surface area contributed by atoms with Gasteiger partial charge in [0.25, 0.3) is 0 Å². The van der Waals surface area contributed by atoms with E-state index < -0.39 is 0 Å². The molecule has 0 spiro atoms. The number of hydrogen-bond acceptors (Lipinski definition) is 4. The number of aromatic nitrogens is 3. The predicted molar refractivity (Wildman–Crippen MR) is 87.8 cm³/mol. The minimum absolute atomic E-state index is 0.0102. The molecule has 0 atom stereocenters. The van der Waals surface area contributed by atoms with E-state index in [0.717, 1.165) is 26.2 Å². The SMILES string of the molecule is C[NH+]1CCN(C(=O)CCC(=O)Nc2ccc3[nH]c(=O)[nH]c3n2)CC1. The molecular weight excluding hydrogens is 312 g/mol. The van der Waals surface area contributed by atoms with Gasteiger partial charge in [0.15, 0.2) is 5.65 Å². The lowest BCUT2D eigenvalue weighted by Gasteiger charge is -2.30. The van der Waals surface area contributed by atoms with Gasteiger partial charge in [0.05, 0.1) is 38.7 Å². The number of H-pyrrole nitrogens is 2. The number of anilines is 1. The monoisotopic (exact) mass is 333 g/mol. The molecule has 24 heavy (non-hydrogen) atoms. The van der Waals surface area contributed by atoms with E-state index in [-0.39, 0.29) is 30.3 Å². The van der Waals surface area contributed by atoms with Gasteiger partial charge in [-0.1, -0.05) is 0 Å². The molecule has 2 amide bonds. The minimum Gasteiger partial charge on any atom is -0.334 e. The van der Waals surface area contributed by atoms with Gasteiger partial charge in [-0.15, -0.1) is 0 Å². The van der Waals surface area contributed by atoms with Crippen LogP contribution in [0.15, 0.2) is 16.9 Å². The number of nitrogens with one attached hydrogen (secondary N) is 4. The van der Waals surface area contributed by atoms with Crippen LogP contribution in [-0.4, -0.2) is 64.9 Å². The van der Waals surface area contributed by atoms with Crippen molar-refractivity contribution in [3.8, 4) is 0 Å². The summed E-state index contributed by atoms with van der Waals surface area (Å²) in [6.45, 7) is 3.37. The van der Waals surface area contributed by atoms with E-state index in [9.17, 15) is 14.4 Å². The topological polar surface area (TPSA) is 115 Å². The number of likely N-dealkylation sites (N-methyl/N-ethyl adjacent to an activating group) is 1. The molecule has 1 aliphatic rings. The van der Waals surface area contributed by atoms with Crippen molar-refractivity contribution in [3.63, 3.8) is 0 Å². The summed E-state index contributed by atoms with van der Waals surface area (Å²) in [7, 11) is 2.11. The van der Waals surface area contributed by atoms with Crippen molar-refractivity contribution in [2.24, 2.45) is 0 Å². The standard InChI is InChI=1S/C15H20N6O3/c1-20-6-8-21(9-7-20)13(23)5-4-12(22)17-11-3-2-10-14(18-11)19-15(24)16-10/h2-3H,4-9H2,1H3,(H3,16,17,18,19,22,24)/p+1. The van der Waals surface area contributed by atoms with Crippen LogP contribution >= 0.6 is 0 Å². The van der Waals surface area contributed by atoms with Crippen molar-refractivity contribution in [3.05, 3.63) is 22.6 Å². The molecule has 9 nitrogen and oxygen atoms in total. The Morgan fingerprint density at radius 1 is 1.25 bits per heavy atom. The molecular formula is C15H21N6O3+. The van der Waals surface area contributed by atoms with Crippen LogP contribution in [-0.2, 0) is 9.59 Å². The Balaban J connectivity index is 1.51. The maximum absolute atomic E-state index is 12.1. The molecule has 3 rings (SSSR count). The second-order valence-corrected chi connectivity index (χ2v) is 6.06. The van der Waals surface area contributed by atoms with Gasteiger partial charge >= 0.3 is 5.69 Å². The van der Waals surface area contributed by atoms with Gasteiger partial charge in [-0.3, -0.25) is 14.6 Å². The van der Waals surface area contributed by atoms with E-state index in [4.69, 9.17) is 0 Å². The van der Waals surface area contributed by atoms with E-state index in [1.54, 1.807) is 12.1 Å². The zero-order valence-electron chi connectivity index (χ0n) is 13.5. The van der Waals surface area contributed by atoms with Gasteiger partial charge in [0, 0.05) is 12.8 Å². The number of carbonyl (C=O) groups excluding carboxylic acids is 2. The van der Waals surface area contributed by atoms with E-state index >= 15 is 0 Å². The first kappa shape index (κ1) is 16.2. The number of pyridine rings is 1. The highest BCUT2D eigenvalue weighted by Gasteiger charge is 2.21. The second kappa shape index (κ2) is 6.83. The van der Waals surface area contributed by atoms with Crippen LogP contribution in [0.4, 0.5) is 5.82 Å². The van der Waals surface area contributed by atoms with Crippen molar-refractivity contribution in [1.82, 2.24) is 19.9 Å². The van der Waals surface area contributed by atoms with Crippen LogP contribution in [0.2, 0.25) is 0 Å². The highest BCUT2D eigenvalue weighted by atomic mass is 16.2. The minimum atomic E-state index is -0.347. The quantitative estimate of drug-likeness (QED) is 0.535. The highest BCUT2D eigenvalue weighted by molar-refractivity contribution is 5.93. The van der Waals surface area contributed by atoms with Crippen molar-refractivity contribution in [1.29, 1.82) is 0 Å². The van der Waals surface area contributed by atoms with Crippen molar-refractivity contribution >= 4 is 28.8 Å². The molecule has 0 aromatic carbocycles. The maximum atomic E-state index is 12.1. The first-order valence-corrected chi connectivity index (χ1v) is 7.99. The Kier molecular flexibility index (Phi) is 4.61. The molecule has 0 radical (unpaired) electrons. The number of carbonyl (C=O) groups is 2. The molecule has 1 aliphatic heterocycles. The van der Waals surface area contributed by atoms with E-state index in [0.29, 0.717) is 17.0 Å².